The van der Waals surface area contributed by atoms with Crippen LogP contribution in [0.25, 0.3) is 11.0 Å². The number of carbonyl (C=O) groups is 1. The fraction of sp³-hybridized carbons (Fsp3) is 0.500. The molecule has 2 aromatic rings. The molecule has 108 valence electrons. The zero-order valence-corrected chi connectivity index (χ0v) is 12.7. The lowest BCUT2D eigenvalue weighted by Crippen LogP contribution is -2.23. The van der Waals surface area contributed by atoms with Crippen LogP contribution < -0.4 is 5.32 Å². The normalized spacial score (nSPS) is 11.5. The predicted octanol–water partition coefficient (Wildman–Crippen LogP) is 3.28. The van der Waals surface area contributed by atoms with Gasteiger partial charge in [-0.25, -0.2) is 4.98 Å². The van der Waals surface area contributed by atoms with Crippen molar-refractivity contribution in [1.29, 1.82) is 0 Å². The number of hydrogen-bond donors (Lipinski definition) is 1. The van der Waals surface area contributed by atoms with Crippen LogP contribution in [0.3, 0.4) is 0 Å². The molecule has 0 fully saturated rings. The van der Waals surface area contributed by atoms with Gasteiger partial charge in [-0.05, 0) is 37.5 Å². The molecule has 2 rings (SSSR count). The van der Waals surface area contributed by atoms with Gasteiger partial charge < -0.3 is 9.88 Å². The van der Waals surface area contributed by atoms with Crippen LogP contribution >= 0.6 is 0 Å². The predicted molar refractivity (Wildman–Crippen MR) is 81.4 cm³/mol. The average molecular weight is 273 g/mol. The lowest BCUT2D eigenvalue weighted by atomic mass is 10.1. The third-order valence-electron chi connectivity index (χ3n) is 3.28. The highest BCUT2D eigenvalue weighted by Crippen LogP contribution is 2.18. The maximum Gasteiger partial charge on any atom is 0.220 e. The van der Waals surface area contributed by atoms with Gasteiger partial charge in [-0.2, -0.15) is 0 Å². The largest absolute Gasteiger partial charge is 0.352 e. The molecular weight excluding hydrogens is 250 g/mol. The summed E-state index contributed by atoms with van der Waals surface area (Å²) < 4.78 is 2.15. The molecule has 0 unspecified atom stereocenters. The molecule has 4 nitrogen and oxygen atoms in total. The van der Waals surface area contributed by atoms with Crippen molar-refractivity contribution in [3.8, 4) is 0 Å². The van der Waals surface area contributed by atoms with Crippen LogP contribution in [0.4, 0.5) is 0 Å². The molecule has 1 amide bonds. The molecule has 1 heterocycles. The highest BCUT2D eigenvalue weighted by molar-refractivity contribution is 5.78. The van der Waals surface area contributed by atoms with Crippen LogP contribution in [0.15, 0.2) is 24.5 Å². The molecule has 1 aromatic carbocycles. The summed E-state index contributed by atoms with van der Waals surface area (Å²) in [6.07, 6.45) is 2.45. The molecule has 0 aliphatic rings. The molecule has 0 aliphatic carbocycles. The maximum absolute atomic E-state index is 11.7. The Morgan fingerprint density at radius 3 is 2.70 bits per heavy atom. The van der Waals surface area contributed by atoms with Crippen molar-refractivity contribution < 1.29 is 4.79 Å². The first-order chi connectivity index (χ1) is 9.47. The number of imidazole rings is 1. The van der Waals surface area contributed by atoms with E-state index < -0.39 is 0 Å². The Bertz CT molecular complexity index is 599. The SMILES string of the molecule is CC(C)CC(=O)NCc1ccc2c(c1)ncn2C(C)C. The highest BCUT2D eigenvalue weighted by Gasteiger charge is 2.07. The van der Waals surface area contributed by atoms with E-state index in [1.54, 1.807) is 0 Å². The van der Waals surface area contributed by atoms with E-state index >= 15 is 0 Å². The summed E-state index contributed by atoms with van der Waals surface area (Å²) in [5.41, 5.74) is 3.20. The molecular formula is C16H23N3O. The van der Waals surface area contributed by atoms with E-state index in [0.29, 0.717) is 24.9 Å². The second kappa shape index (κ2) is 6.07. The lowest BCUT2D eigenvalue weighted by Gasteiger charge is -2.09. The van der Waals surface area contributed by atoms with Gasteiger partial charge in [0, 0.05) is 19.0 Å². The molecule has 1 aromatic heterocycles. The Labute approximate surface area is 120 Å². The van der Waals surface area contributed by atoms with Crippen LogP contribution in [-0.4, -0.2) is 15.5 Å². The quantitative estimate of drug-likeness (QED) is 0.908. The average Bonchev–Trinajstić information content (AvgIpc) is 2.78. The van der Waals surface area contributed by atoms with Gasteiger partial charge in [0.25, 0.3) is 0 Å². The van der Waals surface area contributed by atoms with Gasteiger partial charge in [0.2, 0.25) is 5.91 Å². The summed E-state index contributed by atoms with van der Waals surface area (Å²) in [5.74, 6) is 0.493. The summed E-state index contributed by atoms with van der Waals surface area (Å²) in [6.45, 7) is 8.94. The Kier molecular flexibility index (Phi) is 4.42. The van der Waals surface area contributed by atoms with Crippen LogP contribution in [0.2, 0.25) is 0 Å². The van der Waals surface area contributed by atoms with Gasteiger partial charge in [0.1, 0.15) is 0 Å². The molecule has 0 saturated heterocycles. The first-order valence-corrected chi connectivity index (χ1v) is 7.19. The van der Waals surface area contributed by atoms with E-state index in [1.807, 2.05) is 26.2 Å². The molecule has 1 N–H and O–H groups in total. The minimum atomic E-state index is 0.104. The Hall–Kier alpha value is -1.84. The number of hydrogen-bond acceptors (Lipinski definition) is 2. The number of rotatable bonds is 5. The number of carbonyl (C=O) groups excluding carboxylic acids is 1. The van der Waals surface area contributed by atoms with Crippen LogP contribution in [0, 0.1) is 5.92 Å². The zero-order valence-electron chi connectivity index (χ0n) is 12.7. The number of fused-ring (bicyclic) bond motifs is 1. The molecule has 0 atom stereocenters. The standard InChI is InChI=1S/C16H23N3O/c1-11(2)7-16(20)17-9-13-5-6-15-14(8-13)18-10-19(15)12(3)4/h5-6,8,10-12H,7,9H2,1-4H3,(H,17,20). The summed E-state index contributed by atoms with van der Waals surface area (Å²) >= 11 is 0. The van der Waals surface area contributed by atoms with E-state index in [-0.39, 0.29) is 5.91 Å². The topological polar surface area (TPSA) is 46.9 Å². The Balaban J connectivity index is 2.07. The first-order valence-electron chi connectivity index (χ1n) is 7.19. The van der Waals surface area contributed by atoms with Crippen molar-refractivity contribution in [2.75, 3.05) is 0 Å². The third-order valence-corrected chi connectivity index (χ3v) is 3.28. The van der Waals surface area contributed by atoms with E-state index in [1.165, 1.54) is 0 Å². The van der Waals surface area contributed by atoms with Gasteiger partial charge in [-0.1, -0.05) is 19.9 Å². The summed E-state index contributed by atoms with van der Waals surface area (Å²) in [7, 11) is 0. The van der Waals surface area contributed by atoms with Crippen molar-refractivity contribution in [2.24, 2.45) is 5.92 Å². The van der Waals surface area contributed by atoms with Gasteiger partial charge in [-0.3, -0.25) is 4.79 Å². The molecule has 0 aliphatic heterocycles. The molecule has 0 saturated carbocycles. The van der Waals surface area contributed by atoms with Crippen molar-refractivity contribution in [3.63, 3.8) is 0 Å². The molecule has 0 bridgehead atoms. The lowest BCUT2D eigenvalue weighted by molar-refractivity contribution is -0.121. The van der Waals surface area contributed by atoms with Crippen LogP contribution in [-0.2, 0) is 11.3 Å². The fourth-order valence-corrected chi connectivity index (χ4v) is 2.24. The second-order valence-corrected chi connectivity index (χ2v) is 5.94. The van der Waals surface area contributed by atoms with Gasteiger partial charge >= 0.3 is 0 Å². The van der Waals surface area contributed by atoms with E-state index in [9.17, 15) is 4.79 Å². The third kappa shape index (κ3) is 3.38. The van der Waals surface area contributed by atoms with Crippen LogP contribution in [0.5, 0.6) is 0 Å². The van der Waals surface area contributed by atoms with Gasteiger partial charge in [0.05, 0.1) is 17.4 Å². The van der Waals surface area contributed by atoms with Crippen molar-refractivity contribution in [1.82, 2.24) is 14.9 Å². The molecule has 0 radical (unpaired) electrons. The number of benzene rings is 1. The smallest absolute Gasteiger partial charge is 0.220 e. The fourth-order valence-electron chi connectivity index (χ4n) is 2.24. The maximum atomic E-state index is 11.7. The van der Waals surface area contributed by atoms with Crippen molar-refractivity contribution in [3.05, 3.63) is 30.1 Å². The van der Waals surface area contributed by atoms with Crippen LogP contribution in [0.1, 0.15) is 45.7 Å². The molecule has 4 heteroatoms. The highest BCUT2D eigenvalue weighted by atomic mass is 16.1. The Morgan fingerprint density at radius 1 is 1.30 bits per heavy atom. The summed E-state index contributed by atoms with van der Waals surface area (Å²) in [6, 6.07) is 6.57. The minimum Gasteiger partial charge on any atom is -0.352 e. The Morgan fingerprint density at radius 2 is 2.05 bits per heavy atom. The van der Waals surface area contributed by atoms with E-state index in [0.717, 1.165) is 16.6 Å². The number of amides is 1. The van der Waals surface area contributed by atoms with E-state index in [4.69, 9.17) is 0 Å². The van der Waals surface area contributed by atoms with Gasteiger partial charge in [-0.15, -0.1) is 0 Å². The minimum absolute atomic E-state index is 0.104. The first kappa shape index (κ1) is 14.6. The monoisotopic (exact) mass is 273 g/mol. The summed E-state index contributed by atoms with van der Waals surface area (Å²) in [5, 5.41) is 2.95. The number of nitrogens with zero attached hydrogens (tertiary/aromatic N) is 2. The molecule has 20 heavy (non-hydrogen) atoms. The molecule has 0 spiro atoms. The zero-order chi connectivity index (χ0) is 14.7. The van der Waals surface area contributed by atoms with E-state index in [2.05, 4.69) is 40.8 Å². The second-order valence-electron chi connectivity index (χ2n) is 5.94. The number of aromatic nitrogens is 2. The van der Waals surface area contributed by atoms with Crippen molar-refractivity contribution in [2.45, 2.75) is 46.7 Å². The van der Waals surface area contributed by atoms with Crippen molar-refractivity contribution >= 4 is 16.9 Å². The number of nitrogens with one attached hydrogen (secondary N) is 1. The summed E-state index contributed by atoms with van der Waals surface area (Å²) in [4.78, 5) is 16.1. The van der Waals surface area contributed by atoms with Gasteiger partial charge in [0.15, 0.2) is 0 Å².